The lowest BCUT2D eigenvalue weighted by Crippen LogP contribution is -2.38. The zero-order valence-corrected chi connectivity index (χ0v) is 12.3. The summed E-state index contributed by atoms with van der Waals surface area (Å²) in [5, 5.41) is 0.885. The summed E-state index contributed by atoms with van der Waals surface area (Å²) in [5.41, 5.74) is 7.81. The Morgan fingerprint density at radius 2 is 2.05 bits per heavy atom. The van der Waals surface area contributed by atoms with E-state index >= 15 is 0 Å². The van der Waals surface area contributed by atoms with Gasteiger partial charge < -0.3 is 10.6 Å². The monoisotopic (exact) mass is 271 g/mol. The Bertz CT molecular complexity index is 622. The highest BCUT2D eigenvalue weighted by molar-refractivity contribution is 5.99. The first-order valence-corrected chi connectivity index (χ1v) is 7.00. The molecule has 4 heteroatoms. The van der Waals surface area contributed by atoms with Crippen LogP contribution in [0.2, 0.25) is 0 Å². The number of carbonyl (C=O) groups excluding carboxylic acids is 1. The standard InChI is InChI=1S/C16H21N3O/c1-4-9-19(11(2)3)16(20)15-10-13(17)12-7-5-6-8-14(12)18-15/h5-8,10-11H,4,9H2,1-3H3,(H2,17,18). The molecular formula is C16H21N3O. The molecular weight excluding hydrogens is 250 g/mol. The van der Waals surface area contributed by atoms with E-state index < -0.39 is 0 Å². The van der Waals surface area contributed by atoms with E-state index in [1.54, 1.807) is 6.07 Å². The molecule has 1 amide bonds. The Morgan fingerprint density at radius 1 is 1.35 bits per heavy atom. The SMILES string of the molecule is CCCN(C(=O)c1cc(N)c2ccccc2n1)C(C)C. The lowest BCUT2D eigenvalue weighted by Gasteiger charge is -2.26. The van der Waals surface area contributed by atoms with Gasteiger partial charge in [-0.2, -0.15) is 0 Å². The number of hydrogen-bond acceptors (Lipinski definition) is 3. The third kappa shape index (κ3) is 2.74. The van der Waals surface area contributed by atoms with Crippen LogP contribution in [0.5, 0.6) is 0 Å². The summed E-state index contributed by atoms with van der Waals surface area (Å²) in [6.07, 6.45) is 0.924. The highest BCUT2D eigenvalue weighted by Crippen LogP contribution is 2.21. The van der Waals surface area contributed by atoms with Crippen LogP contribution in [-0.2, 0) is 0 Å². The van der Waals surface area contributed by atoms with E-state index in [9.17, 15) is 4.79 Å². The van der Waals surface area contributed by atoms with E-state index in [0.717, 1.165) is 23.9 Å². The number of nitrogens with zero attached hydrogens (tertiary/aromatic N) is 2. The number of pyridine rings is 1. The van der Waals surface area contributed by atoms with E-state index in [-0.39, 0.29) is 11.9 Å². The molecule has 20 heavy (non-hydrogen) atoms. The molecule has 1 aromatic carbocycles. The Hall–Kier alpha value is -2.10. The average molecular weight is 271 g/mol. The molecule has 1 aromatic heterocycles. The predicted octanol–water partition coefficient (Wildman–Crippen LogP) is 3.08. The van der Waals surface area contributed by atoms with Gasteiger partial charge in [-0.3, -0.25) is 4.79 Å². The molecule has 0 unspecified atom stereocenters. The zero-order valence-electron chi connectivity index (χ0n) is 12.3. The molecule has 0 saturated heterocycles. The summed E-state index contributed by atoms with van der Waals surface area (Å²) in [6.45, 7) is 6.81. The van der Waals surface area contributed by atoms with Gasteiger partial charge >= 0.3 is 0 Å². The van der Waals surface area contributed by atoms with Crippen molar-refractivity contribution >= 4 is 22.5 Å². The van der Waals surface area contributed by atoms with Crippen LogP contribution >= 0.6 is 0 Å². The number of amides is 1. The van der Waals surface area contributed by atoms with Crippen molar-refractivity contribution in [2.75, 3.05) is 12.3 Å². The highest BCUT2D eigenvalue weighted by atomic mass is 16.2. The minimum absolute atomic E-state index is 0.0562. The van der Waals surface area contributed by atoms with E-state index in [1.807, 2.05) is 43.0 Å². The maximum Gasteiger partial charge on any atom is 0.272 e. The van der Waals surface area contributed by atoms with E-state index in [1.165, 1.54) is 0 Å². The fourth-order valence-electron chi connectivity index (χ4n) is 2.29. The van der Waals surface area contributed by atoms with Crippen LogP contribution < -0.4 is 5.73 Å². The van der Waals surface area contributed by atoms with Gasteiger partial charge in [0.15, 0.2) is 0 Å². The zero-order chi connectivity index (χ0) is 14.7. The number of nitrogens with two attached hydrogens (primary N) is 1. The van der Waals surface area contributed by atoms with Gasteiger partial charge in [-0.15, -0.1) is 0 Å². The van der Waals surface area contributed by atoms with Gasteiger partial charge in [-0.05, 0) is 32.4 Å². The summed E-state index contributed by atoms with van der Waals surface area (Å²) in [7, 11) is 0. The number of para-hydroxylation sites is 1. The maximum atomic E-state index is 12.6. The summed E-state index contributed by atoms with van der Waals surface area (Å²) in [5.74, 6) is -0.0562. The first-order valence-electron chi connectivity index (χ1n) is 7.00. The van der Waals surface area contributed by atoms with Crippen molar-refractivity contribution in [3.63, 3.8) is 0 Å². The number of nitrogen functional groups attached to an aromatic ring is 1. The fourth-order valence-corrected chi connectivity index (χ4v) is 2.29. The number of aromatic nitrogens is 1. The summed E-state index contributed by atoms with van der Waals surface area (Å²) in [6, 6.07) is 9.43. The average Bonchev–Trinajstić information content (AvgIpc) is 2.43. The van der Waals surface area contributed by atoms with Crippen LogP contribution in [0.3, 0.4) is 0 Å². The molecule has 0 radical (unpaired) electrons. The summed E-state index contributed by atoms with van der Waals surface area (Å²) < 4.78 is 0. The third-order valence-corrected chi connectivity index (χ3v) is 3.32. The second-order valence-corrected chi connectivity index (χ2v) is 5.21. The molecule has 106 valence electrons. The highest BCUT2D eigenvalue weighted by Gasteiger charge is 2.20. The van der Waals surface area contributed by atoms with Crippen molar-refractivity contribution in [3.05, 3.63) is 36.0 Å². The molecule has 0 bridgehead atoms. The molecule has 0 aliphatic heterocycles. The Kier molecular flexibility index (Phi) is 4.23. The van der Waals surface area contributed by atoms with E-state index in [0.29, 0.717) is 11.4 Å². The quantitative estimate of drug-likeness (QED) is 0.929. The molecule has 0 aliphatic carbocycles. The first-order chi connectivity index (χ1) is 9.54. The molecule has 2 aromatic rings. The first kappa shape index (κ1) is 14.3. The molecule has 2 N–H and O–H groups in total. The van der Waals surface area contributed by atoms with Gasteiger partial charge in [0, 0.05) is 23.7 Å². The van der Waals surface area contributed by atoms with Crippen molar-refractivity contribution < 1.29 is 4.79 Å². The summed E-state index contributed by atoms with van der Waals surface area (Å²) in [4.78, 5) is 18.9. The predicted molar refractivity (Wildman–Crippen MR) is 82.6 cm³/mol. The Morgan fingerprint density at radius 3 is 2.70 bits per heavy atom. The molecule has 2 rings (SSSR count). The molecule has 0 aliphatic rings. The fraction of sp³-hybridized carbons (Fsp3) is 0.375. The molecule has 0 saturated carbocycles. The molecule has 4 nitrogen and oxygen atoms in total. The molecule has 0 spiro atoms. The van der Waals surface area contributed by atoms with Gasteiger partial charge in [-0.25, -0.2) is 4.98 Å². The number of fused-ring (bicyclic) bond motifs is 1. The summed E-state index contributed by atoms with van der Waals surface area (Å²) >= 11 is 0. The van der Waals surface area contributed by atoms with Crippen LogP contribution in [0.4, 0.5) is 5.69 Å². The minimum atomic E-state index is -0.0562. The molecule has 0 fully saturated rings. The van der Waals surface area contributed by atoms with Gasteiger partial charge in [0.2, 0.25) is 0 Å². The smallest absolute Gasteiger partial charge is 0.272 e. The normalized spacial score (nSPS) is 11.0. The second-order valence-electron chi connectivity index (χ2n) is 5.21. The Labute approximate surface area is 119 Å². The topological polar surface area (TPSA) is 59.2 Å². The minimum Gasteiger partial charge on any atom is -0.398 e. The van der Waals surface area contributed by atoms with E-state index in [2.05, 4.69) is 11.9 Å². The van der Waals surface area contributed by atoms with Crippen LogP contribution in [-0.4, -0.2) is 28.4 Å². The van der Waals surface area contributed by atoms with E-state index in [4.69, 9.17) is 5.73 Å². The van der Waals surface area contributed by atoms with Crippen molar-refractivity contribution in [1.29, 1.82) is 0 Å². The van der Waals surface area contributed by atoms with Gasteiger partial charge in [0.25, 0.3) is 5.91 Å². The largest absolute Gasteiger partial charge is 0.398 e. The Balaban J connectivity index is 2.44. The van der Waals surface area contributed by atoms with Crippen molar-refractivity contribution in [3.8, 4) is 0 Å². The number of rotatable bonds is 4. The molecule has 0 atom stereocenters. The number of carbonyl (C=O) groups is 1. The van der Waals surface area contributed by atoms with Crippen molar-refractivity contribution in [2.24, 2.45) is 0 Å². The van der Waals surface area contributed by atoms with Crippen LogP contribution in [0.1, 0.15) is 37.7 Å². The van der Waals surface area contributed by atoms with Gasteiger partial charge in [0.1, 0.15) is 5.69 Å². The lowest BCUT2D eigenvalue weighted by atomic mass is 10.1. The second kappa shape index (κ2) is 5.90. The van der Waals surface area contributed by atoms with Crippen LogP contribution in [0.15, 0.2) is 30.3 Å². The number of hydrogen-bond donors (Lipinski definition) is 1. The van der Waals surface area contributed by atoms with Gasteiger partial charge in [0.05, 0.1) is 5.52 Å². The third-order valence-electron chi connectivity index (χ3n) is 3.32. The van der Waals surface area contributed by atoms with Crippen molar-refractivity contribution in [1.82, 2.24) is 9.88 Å². The maximum absolute atomic E-state index is 12.6. The lowest BCUT2D eigenvalue weighted by molar-refractivity contribution is 0.0700. The van der Waals surface area contributed by atoms with Crippen LogP contribution in [0.25, 0.3) is 10.9 Å². The van der Waals surface area contributed by atoms with Crippen LogP contribution in [0, 0.1) is 0 Å². The molecule has 1 heterocycles. The van der Waals surface area contributed by atoms with Gasteiger partial charge in [-0.1, -0.05) is 25.1 Å². The number of benzene rings is 1. The number of anilines is 1. The van der Waals surface area contributed by atoms with Crippen molar-refractivity contribution in [2.45, 2.75) is 33.2 Å².